The molecule has 0 aliphatic heterocycles. The van der Waals surface area contributed by atoms with Crippen LogP contribution in [0.5, 0.6) is 0 Å². The van der Waals surface area contributed by atoms with E-state index in [4.69, 9.17) is 16.9 Å². The van der Waals surface area contributed by atoms with Crippen LogP contribution < -0.4 is 0 Å². The van der Waals surface area contributed by atoms with Crippen molar-refractivity contribution in [3.05, 3.63) is 41.4 Å². The number of aromatic nitrogens is 3. The monoisotopic (exact) mass is 355 g/mol. The molecule has 0 saturated heterocycles. The van der Waals surface area contributed by atoms with E-state index in [1.54, 1.807) is 29.6 Å². The van der Waals surface area contributed by atoms with Crippen molar-refractivity contribution in [1.82, 2.24) is 19.9 Å². The van der Waals surface area contributed by atoms with Gasteiger partial charge >= 0.3 is 0 Å². The number of carbonyl (C=O) groups excluding carboxylic acids is 1. The van der Waals surface area contributed by atoms with Crippen LogP contribution in [0.2, 0.25) is 5.02 Å². The van der Waals surface area contributed by atoms with Crippen LogP contribution in [-0.2, 0) is 0 Å². The Kier molecular flexibility index (Phi) is 5.05. The summed E-state index contributed by atoms with van der Waals surface area (Å²) in [5, 5.41) is 10.2. The summed E-state index contributed by atoms with van der Waals surface area (Å²) in [6.45, 7) is 3.05. The Hall–Kier alpha value is -2.78. The second kappa shape index (κ2) is 7.41. The van der Waals surface area contributed by atoms with E-state index < -0.39 is 0 Å². The van der Waals surface area contributed by atoms with Crippen molar-refractivity contribution in [2.24, 2.45) is 0 Å². The molecule has 6 nitrogen and oxygen atoms in total. The Labute approximate surface area is 150 Å². The standard InChI is InChI=1S/C18H18ClN5O/c1-2-7-24(8-3-5-20)18(25)15-9-12(10-22-15)16-13-4-6-21-17(13)23-11-14(16)19/h4,6,9-11,22H,2-3,7-8H2,1H3,(H,21,23). The largest absolute Gasteiger partial charge is 0.357 e. The molecule has 3 rings (SSSR count). The van der Waals surface area contributed by atoms with Crippen molar-refractivity contribution in [2.45, 2.75) is 19.8 Å². The van der Waals surface area contributed by atoms with Gasteiger partial charge in [0.15, 0.2) is 0 Å². The number of hydrogen-bond acceptors (Lipinski definition) is 3. The molecule has 0 fully saturated rings. The molecule has 0 atom stereocenters. The molecule has 0 bridgehead atoms. The molecule has 3 aromatic heterocycles. The van der Waals surface area contributed by atoms with Crippen molar-refractivity contribution >= 4 is 28.5 Å². The molecule has 3 heterocycles. The third-order valence-corrected chi connectivity index (χ3v) is 4.30. The lowest BCUT2D eigenvalue weighted by Crippen LogP contribution is -2.32. The minimum absolute atomic E-state index is 0.112. The summed E-state index contributed by atoms with van der Waals surface area (Å²) in [4.78, 5) is 24.8. The third kappa shape index (κ3) is 3.37. The zero-order chi connectivity index (χ0) is 17.8. The molecular formula is C18H18ClN5O. The quantitative estimate of drug-likeness (QED) is 0.701. The van der Waals surface area contributed by atoms with Gasteiger partial charge in [-0.05, 0) is 18.6 Å². The van der Waals surface area contributed by atoms with Crippen LogP contribution in [0.1, 0.15) is 30.3 Å². The maximum absolute atomic E-state index is 12.7. The van der Waals surface area contributed by atoms with Gasteiger partial charge in [-0.2, -0.15) is 5.26 Å². The number of nitrogens with one attached hydrogen (secondary N) is 2. The van der Waals surface area contributed by atoms with E-state index >= 15 is 0 Å². The molecule has 25 heavy (non-hydrogen) atoms. The summed E-state index contributed by atoms with van der Waals surface area (Å²) in [6.07, 6.45) is 6.33. The molecule has 0 unspecified atom stereocenters. The van der Waals surface area contributed by atoms with Gasteiger partial charge in [0.1, 0.15) is 11.3 Å². The number of hydrogen-bond donors (Lipinski definition) is 2. The number of nitriles is 1. The lowest BCUT2D eigenvalue weighted by molar-refractivity contribution is 0.0754. The predicted octanol–water partition coefficient (Wildman–Crippen LogP) is 3.98. The van der Waals surface area contributed by atoms with E-state index in [1.807, 2.05) is 13.0 Å². The first-order chi connectivity index (χ1) is 12.2. The van der Waals surface area contributed by atoms with Crippen LogP contribution >= 0.6 is 11.6 Å². The number of nitrogens with zero attached hydrogens (tertiary/aromatic N) is 3. The van der Waals surface area contributed by atoms with Crippen molar-refractivity contribution in [1.29, 1.82) is 5.26 Å². The van der Waals surface area contributed by atoms with Gasteiger partial charge in [0.25, 0.3) is 5.91 Å². The van der Waals surface area contributed by atoms with Gasteiger partial charge in [-0.3, -0.25) is 4.79 Å². The molecule has 0 saturated carbocycles. The Bertz CT molecular complexity index is 936. The summed E-state index contributed by atoms with van der Waals surface area (Å²) >= 11 is 6.34. The number of carbonyl (C=O) groups is 1. The van der Waals surface area contributed by atoms with Gasteiger partial charge in [0.2, 0.25) is 0 Å². The second-order valence-corrected chi connectivity index (χ2v) is 6.13. The number of pyridine rings is 1. The van der Waals surface area contributed by atoms with E-state index in [-0.39, 0.29) is 5.91 Å². The number of H-pyrrole nitrogens is 2. The first kappa shape index (κ1) is 17.1. The summed E-state index contributed by atoms with van der Waals surface area (Å²) in [7, 11) is 0. The molecule has 0 aliphatic rings. The highest BCUT2D eigenvalue weighted by Gasteiger charge is 2.19. The van der Waals surface area contributed by atoms with Gasteiger partial charge in [-0.25, -0.2) is 4.98 Å². The Morgan fingerprint density at radius 3 is 3.00 bits per heavy atom. The zero-order valence-corrected chi connectivity index (χ0v) is 14.6. The first-order valence-corrected chi connectivity index (χ1v) is 8.50. The lowest BCUT2D eigenvalue weighted by Gasteiger charge is -2.19. The van der Waals surface area contributed by atoms with E-state index in [2.05, 4.69) is 21.0 Å². The molecule has 1 amide bonds. The van der Waals surface area contributed by atoms with E-state index in [0.717, 1.165) is 28.6 Å². The minimum Gasteiger partial charge on any atom is -0.357 e. The van der Waals surface area contributed by atoms with Gasteiger partial charge in [-0.1, -0.05) is 18.5 Å². The molecule has 0 radical (unpaired) electrons. The maximum Gasteiger partial charge on any atom is 0.270 e. The normalized spacial score (nSPS) is 10.8. The van der Waals surface area contributed by atoms with Crippen LogP contribution in [-0.4, -0.2) is 38.8 Å². The number of halogens is 1. The highest BCUT2D eigenvalue weighted by Crippen LogP contribution is 2.34. The Morgan fingerprint density at radius 1 is 1.40 bits per heavy atom. The second-order valence-electron chi connectivity index (χ2n) is 5.72. The molecule has 3 aromatic rings. The summed E-state index contributed by atoms with van der Waals surface area (Å²) in [6, 6.07) is 5.79. The molecule has 7 heteroatoms. The minimum atomic E-state index is -0.112. The van der Waals surface area contributed by atoms with Crippen LogP contribution in [0.15, 0.2) is 30.7 Å². The smallest absolute Gasteiger partial charge is 0.270 e. The van der Waals surface area contributed by atoms with Crippen molar-refractivity contribution in [2.75, 3.05) is 13.1 Å². The molecular weight excluding hydrogens is 338 g/mol. The number of fused-ring (bicyclic) bond motifs is 1. The van der Waals surface area contributed by atoms with Crippen LogP contribution in [0.25, 0.3) is 22.2 Å². The SMILES string of the molecule is CCCN(CCC#N)C(=O)c1cc(-c2c(Cl)cnc3[nH]ccc23)c[nH]1. The maximum atomic E-state index is 12.7. The lowest BCUT2D eigenvalue weighted by atomic mass is 10.1. The highest BCUT2D eigenvalue weighted by atomic mass is 35.5. The van der Waals surface area contributed by atoms with Gasteiger partial charge < -0.3 is 14.9 Å². The Balaban J connectivity index is 1.94. The predicted molar refractivity (Wildman–Crippen MR) is 97.3 cm³/mol. The highest BCUT2D eigenvalue weighted by molar-refractivity contribution is 6.34. The van der Waals surface area contributed by atoms with Gasteiger partial charge in [0, 0.05) is 48.2 Å². The summed E-state index contributed by atoms with van der Waals surface area (Å²) in [5.74, 6) is -0.112. The summed E-state index contributed by atoms with van der Waals surface area (Å²) < 4.78 is 0. The summed E-state index contributed by atoms with van der Waals surface area (Å²) in [5.41, 5.74) is 2.90. The fraction of sp³-hybridized carbons (Fsp3) is 0.278. The number of amides is 1. The molecule has 2 N–H and O–H groups in total. The van der Waals surface area contributed by atoms with Gasteiger partial charge in [-0.15, -0.1) is 0 Å². The molecule has 128 valence electrons. The zero-order valence-electron chi connectivity index (χ0n) is 13.8. The fourth-order valence-electron chi connectivity index (χ4n) is 2.88. The van der Waals surface area contributed by atoms with Crippen LogP contribution in [0.3, 0.4) is 0 Å². The molecule has 0 aliphatic carbocycles. The van der Waals surface area contributed by atoms with Crippen molar-refractivity contribution in [3.63, 3.8) is 0 Å². The molecule has 0 spiro atoms. The number of rotatable bonds is 6. The average Bonchev–Trinajstić information content (AvgIpc) is 3.27. The van der Waals surface area contributed by atoms with E-state index in [9.17, 15) is 4.79 Å². The Morgan fingerprint density at radius 2 is 2.24 bits per heavy atom. The van der Waals surface area contributed by atoms with E-state index in [1.165, 1.54) is 0 Å². The topological polar surface area (TPSA) is 88.6 Å². The third-order valence-electron chi connectivity index (χ3n) is 4.02. The number of aromatic amines is 2. The van der Waals surface area contributed by atoms with E-state index in [0.29, 0.717) is 30.2 Å². The van der Waals surface area contributed by atoms with Crippen molar-refractivity contribution < 1.29 is 4.79 Å². The van der Waals surface area contributed by atoms with Crippen LogP contribution in [0, 0.1) is 11.3 Å². The fourth-order valence-corrected chi connectivity index (χ4v) is 3.14. The average molecular weight is 356 g/mol. The van der Waals surface area contributed by atoms with Crippen LogP contribution in [0.4, 0.5) is 0 Å². The molecule has 0 aromatic carbocycles. The van der Waals surface area contributed by atoms with Gasteiger partial charge in [0.05, 0.1) is 17.5 Å². The first-order valence-electron chi connectivity index (χ1n) is 8.12. The van der Waals surface area contributed by atoms with Crippen molar-refractivity contribution in [3.8, 4) is 17.2 Å².